The van der Waals surface area contributed by atoms with E-state index < -0.39 is 0 Å². The van der Waals surface area contributed by atoms with E-state index in [-0.39, 0.29) is 11.9 Å². The SMILES string of the molecule is Cc1cc(C)cc(CCC(=O)NCC(C)N)c1. The fraction of sp³-hybridized carbons (Fsp3) is 0.500. The fourth-order valence-corrected chi connectivity index (χ4v) is 1.83. The molecular weight excluding hydrogens is 212 g/mol. The lowest BCUT2D eigenvalue weighted by Gasteiger charge is -2.08. The van der Waals surface area contributed by atoms with Crippen LogP contribution < -0.4 is 11.1 Å². The maximum atomic E-state index is 11.5. The highest BCUT2D eigenvalue weighted by Gasteiger charge is 2.03. The van der Waals surface area contributed by atoms with E-state index in [4.69, 9.17) is 5.73 Å². The lowest BCUT2D eigenvalue weighted by molar-refractivity contribution is -0.121. The summed E-state index contributed by atoms with van der Waals surface area (Å²) >= 11 is 0. The third-order valence-electron chi connectivity index (χ3n) is 2.54. The Morgan fingerprint density at radius 1 is 1.29 bits per heavy atom. The highest BCUT2D eigenvalue weighted by molar-refractivity contribution is 5.76. The summed E-state index contributed by atoms with van der Waals surface area (Å²) in [5.74, 6) is 0.0708. The summed E-state index contributed by atoms with van der Waals surface area (Å²) in [6.07, 6.45) is 1.31. The average Bonchev–Trinajstić information content (AvgIpc) is 2.22. The minimum Gasteiger partial charge on any atom is -0.355 e. The highest BCUT2D eigenvalue weighted by atomic mass is 16.1. The van der Waals surface area contributed by atoms with Crippen molar-refractivity contribution in [3.8, 4) is 0 Å². The van der Waals surface area contributed by atoms with Crippen molar-refractivity contribution >= 4 is 5.91 Å². The van der Waals surface area contributed by atoms with Gasteiger partial charge in [-0.3, -0.25) is 4.79 Å². The number of carbonyl (C=O) groups is 1. The molecule has 17 heavy (non-hydrogen) atoms. The summed E-state index contributed by atoms with van der Waals surface area (Å²) in [7, 11) is 0. The highest BCUT2D eigenvalue weighted by Crippen LogP contribution is 2.10. The predicted molar refractivity (Wildman–Crippen MR) is 70.9 cm³/mol. The number of benzene rings is 1. The third-order valence-corrected chi connectivity index (χ3v) is 2.54. The zero-order valence-electron chi connectivity index (χ0n) is 10.9. The first kappa shape index (κ1) is 13.7. The molecule has 1 aromatic carbocycles. The number of hydrogen-bond donors (Lipinski definition) is 2. The molecule has 0 saturated carbocycles. The van der Waals surface area contributed by atoms with Crippen molar-refractivity contribution in [2.24, 2.45) is 5.73 Å². The van der Waals surface area contributed by atoms with Crippen molar-refractivity contribution in [1.82, 2.24) is 5.32 Å². The molecule has 0 aliphatic carbocycles. The minimum absolute atomic E-state index is 0.0140. The molecule has 3 N–H and O–H groups in total. The van der Waals surface area contributed by atoms with E-state index in [9.17, 15) is 4.79 Å². The number of hydrogen-bond acceptors (Lipinski definition) is 2. The van der Waals surface area contributed by atoms with E-state index >= 15 is 0 Å². The zero-order chi connectivity index (χ0) is 12.8. The Balaban J connectivity index is 2.42. The smallest absolute Gasteiger partial charge is 0.220 e. The fourth-order valence-electron chi connectivity index (χ4n) is 1.83. The molecule has 0 bridgehead atoms. The van der Waals surface area contributed by atoms with Crippen LogP contribution >= 0.6 is 0 Å². The van der Waals surface area contributed by atoms with Gasteiger partial charge in [-0.2, -0.15) is 0 Å². The summed E-state index contributed by atoms with van der Waals surface area (Å²) < 4.78 is 0. The van der Waals surface area contributed by atoms with Gasteiger partial charge < -0.3 is 11.1 Å². The van der Waals surface area contributed by atoms with Gasteiger partial charge in [0.1, 0.15) is 0 Å². The predicted octanol–water partition coefficient (Wildman–Crippen LogP) is 1.70. The molecule has 94 valence electrons. The summed E-state index contributed by atoms with van der Waals surface area (Å²) in [5.41, 5.74) is 9.29. The van der Waals surface area contributed by atoms with Crippen LogP contribution in [0.1, 0.15) is 30.0 Å². The zero-order valence-corrected chi connectivity index (χ0v) is 10.9. The molecule has 1 rings (SSSR count). The van der Waals surface area contributed by atoms with Crippen molar-refractivity contribution < 1.29 is 4.79 Å². The lowest BCUT2D eigenvalue weighted by Crippen LogP contribution is -2.35. The maximum Gasteiger partial charge on any atom is 0.220 e. The second-order valence-electron chi connectivity index (χ2n) is 4.78. The minimum atomic E-state index is 0.0140. The number of nitrogens with one attached hydrogen (secondary N) is 1. The van der Waals surface area contributed by atoms with Crippen LogP contribution in [0.15, 0.2) is 18.2 Å². The molecule has 3 heteroatoms. The molecule has 0 radical (unpaired) electrons. The molecule has 0 aliphatic heterocycles. The molecule has 0 aliphatic rings. The topological polar surface area (TPSA) is 55.1 Å². The van der Waals surface area contributed by atoms with Gasteiger partial charge in [-0.1, -0.05) is 29.3 Å². The van der Waals surface area contributed by atoms with Crippen molar-refractivity contribution in [1.29, 1.82) is 0 Å². The first-order valence-electron chi connectivity index (χ1n) is 6.07. The van der Waals surface area contributed by atoms with Crippen LogP contribution in [0, 0.1) is 13.8 Å². The maximum absolute atomic E-state index is 11.5. The number of amides is 1. The van der Waals surface area contributed by atoms with Gasteiger partial charge >= 0.3 is 0 Å². The standard InChI is InChI=1S/C14H22N2O/c1-10-6-11(2)8-13(7-10)4-5-14(17)16-9-12(3)15/h6-8,12H,4-5,9,15H2,1-3H3,(H,16,17). The van der Waals surface area contributed by atoms with Gasteiger partial charge in [0.2, 0.25) is 5.91 Å². The normalized spacial score (nSPS) is 12.2. The molecule has 0 heterocycles. The van der Waals surface area contributed by atoms with Crippen LogP contribution in [0.25, 0.3) is 0 Å². The quantitative estimate of drug-likeness (QED) is 0.814. The van der Waals surface area contributed by atoms with Gasteiger partial charge in [0.25, 0.3) is 0 Å². The van der Waals surface area contributed by atoms with E-state index in [1.807, 2.05) is 6.92 Å². The number of nitrogens with two attached hydrogens (primary N) is 1. The van der Waals surface area contributed by atoms with Crippen LogP contribution in [0.5, 0.6) is 0 Å². The Labute approximate surface area is 103 Å². The van der Waals surface area contributed by atoms with E-state index in [1.54, 1.807) is 0 Å². The molecule has 3 nitrogen and oxygen atoms in total. The molecule has 0 spiro atoms. The van der Waals surface area contributed by atoms with Crippen LogP contribution in [-0.4, -0.2) is 18.5 Å². The Hall–Kier alpha value is -1.35. The molecular formula is C14H22N2O. The monoisotopic (exact) mass is 234 g/mol. The van der Waals surface area contributed by atoms with E-state index in [2.05, 4.69) is 37.4 Å². The van der Waals surface area contributed by atoms with E-state index in [1.165, 1.54) is 16.7 Å². The summed E-state index contributed by atoms with van der Waals surface area (Å²) in [6, 6.07) is 6.41. The summed E-state index contributed by atoms with van der Waals surface area (Å²) in [4.78, 5) is 11.5. The van der Waals surface area contributed by atoms with E-state index in [0.29, 0.717) is 13.0 Å². The second kappa shape index (κ2) is 6.40. The molecule has 1 unspecified atom stereocenters. The Bertz CT molecular complexity index is 366. The molecule has 0 aromatic heterocycles. The van der Waals surface area contributed by atoms with Gasteiger partial charge in [-0.05, 0) is 32.8 Å². The van der Waals surface area contributed by atoms with Crippen LogP contribution in [-0.2, 0) is 11.2 Å². The van der Waals surface area contributed by atoms with Gasteiger partial charge in [-0.25, -0.2) is 0 Å². The number of carbonyl (C=O) groups excluding carboxylic acids is 1. The Morgan fingerprint density at radius 3 is 2.41 bits per heavy atom. The van der Waals surface area contributed by atoms with Crippen molar-refractivity contribution in [2.75, 3.05) is 6.54 Å². The lowest BCUT2D eigenvalue weighted by atomic mass is 10.0. The van der Waals surface area contributed by atoms with Crippen molar-refractivity contribution in [3.05, 3.63) is 34.9 Å². The number of aryl methyl sites for hydroxylation is 3. The van der Waals surface area contributed by atoms with Gasteiger partial charge in [0.15, 0.2) is 0 Å². The van der Waals surface area contributed by atoms with Crippen molar-refractivity contribution in [3.63, 3.8) is 0 Å². The molecule has 1 amide bonds. The first-order chi connectivity index (χ1) is 7.97. The molecule has 0 fully saturated rings. The summed E-state index contributed by atoms with van der Waals surface area (Å²) in [5, 5.41) is 2.82. The van der Waals surface area contributed by atoms with Crippen LogP contribution in [0.2, 0.25) is 0 Å². The third kappa shape index (κ3) is 5.50. The first-order valence-corrected chi connectivity index (χ1v) is 6.07. The second-order valence-corrected chi connectivity index (χ2v) is 4.78. The van der Waals surface area contributed by atoms with Crippen LogP contribution in [0.3, 0.4) is 0 Å². The van der Waals surface area contributed by atoms with Crippen LogP contribution in [0.4, 0.5) is 0 Å². The van der Waals surface area contributed by atoms with E-state index in [0.717, 1.165) is 6.42 Å². The molecule has 0 saturated heterocycles. The van der Waals surface area contributed by atoms with Gasteiger partial charge in [0, 0.05) is 19.0 Å². The number of rotatable bonds is 5. The molecule has 1 aromatic rings. The van der Waals surface area contributed by atoms with Crippen molar-refractivity contribution in [2.45, 2.75) is 39.7 Å². The molecule has 1 atom stereocenters. The van der Waals surface area contributed by atoms with Gasteiger partial charge in [0.05, 0.1) is 0 Å². The largest absolute Gasteiger partial charge is 0.355 e. The Morgan fingerprint density at radius 2 is 1.88 bits per heavy atom. The average molecular weight is 234 g/mol. The van der Waals surface area contributed by atoms with Gasteiger partial charge in [-0.15, -0.1) is 0 Å². The Kier molecular flexibility index (Phi) is 5.16. The summed E-state index contributed by atoms with van der Waals surface area (Å²) in [6.45, 7) is 6.58.